The standard InChI is InChI=1S/C29H35F3N4O3S/c1-35(2)21-12-10-20(11-13-21)34-25-8-5-9-27-24(25)17-22(36(27)19-29(30,31)32)7-6-16-33-26-15-14-23(40(4,37)38)18-28(26)39-3/h5,8-9,14-15,17-18,20-21,33-34H,10-13,16,19H2,1-4H3. The minimum atomic E-state index is -4.41. The summed E-state index contributed by atoms with van der Waals surface area (Å²) in [6, 6.07) is 12.3. The van der Waals surface area contributed by atoms with Crippen molar-refractivity contribution in [1.29, 1.82) is 0 Å². The van der Waals surface area contributed by atoms with Crippen LogP contribution in [0.1, 0.15) is 31.4 Å². The molecule has 2 N–H and O–H groups in total. The molecule has 3 aromatic rings. The quantitative estimate of drug-likeness (QED) is 0.352. The van der Waals surface area contributed by atoms with Gasteiger partial charge in [0.25, 0.3) is 0 Å². The maximum absolute atomic E-state index is 13.6. The van der Waals surface area contributed by atoms with Crippen molar-refractivity contribution in [2.45, 2.75) is 55.4 Å². The lowest BCUT2D eigenvalue weighted by Crippen LogP contribution is -2.36. The zero-order valence-corrected chi connectivity index (χ0v) is 23.9. The predicted molar refractivity (Wildman–Crippen MR) is 153 cm³/mol. The molecule has 216 valence electrons. The second-order valence-electron chi connectivity index (χ2n) is 10.4. The van der Waals surface area contributed by atoms with Gasteiger partial charge in [-0.25, -0.2) is 8.42 Å². The van der Waals surface area contributed by atoms with Gasteiger partial charge in [0.05, 0.1) is 35.4 Å². The van der Waals surface area contributed by atoms with Crippen LogP contribution in [0.3, 0.4) is 0 Å². The molecule has 0 aliphatic heterocycles. The number of anilines is 2. The zero-order chi connectivity index (χ0) is 29.1. The Balaban J connectivity index is 1.57. The first-order valence-electron chi connectivity index (χ1n) is 13.1. The molecule has 0 spiro atoms. The summed E-state index contributed by atoms with van der Waals surface area (Å²) in [4.78, 5) is 2.36. The molecular formula is C29H35F3N4O3S. The van der Waals surface area contributed by atoms with Gasteiger partial charge in [0.15, 0.2) is 9.84 Å². The van der Waals surface area contributed by atoms with Crippen LogP contribution >= 0.6 is 0 Å². The molecule has 40 heavy (non-hydrogen) atoms. The van der Waals surface area contributed by atoms with Gasteiger partial charge in [0, 0.05) is 35.5 Å². The first kappa shape index (κ1) is 29.6. The molecule has 0 saturated heterocycles. The Morgan fingerprint density at radius 3 is 2.42 bits per heavy atom. The van der Waals surface area contributed by atoms with E-state index in [0.717, 1.165) is 37.6 Å². The molecule has 0 atom stereocenters. The van der Waals surface area contributed by atoms with E-state index in [9.17, 15) is 21.6 Å². The number of rotatable bonds is 8. The summed E-state index contributed by atoms with van der Waals surface area (Å²) in [6.07, 6.45) is 0.827. The lowest BCUT2D eigenvalue weighted by Gasteiger charge is -2.33. The van der Waals surface area contributed by atoms with E-state index in [4.69, 9.17) is 4.74 Å². The van der Waals surface area contributed by atoms with Crippen LogP contribution in [0.15, 0.2) is 47.4 Å². The summed E-state index contributed by atoms with van der Waals surface area (Å²) in [7, 11) is 2.20. The molecule has 11 heteroatoms. The van der Waals surface area contributed by atoms with Gasteiger partial charge in [-0.1, -0.05) is 12.0 Å². The molecule has 1 heterocycles. The highest BCUT2D eigenvalue weighted by molar-refractivity contribution is 7.90. The molecule has 2 aromatic carbocycles. The number of hydrogen-bond acceptors (Lipinski definition) is 6. The number of aromatic nitrogens is 1. The fourth-order valence-electron chi connectivity index (χ4n) is 5.14. The largest absolute Gasteiger partial charge is 0.495 e. The van der Waals surface area contributed by atoms with Crippen molar-refractivity contribution in [2.24, 2.45) is 0 Å². The number of alkyl halides is 3. The maximum Gasteiger partial charge on any atom is 0.406 e. The lowest BCUT2D eigenvalue weighted by molar-refractivity contribution is -0.140. The highest BCUT2D eigenvalue weighted by Crippen LogP contribution is 2.33. The maximum atomic E-state index is 13.6. The number of ether oxygens (including phenoxy) is 1. The monoisotopic (exact) mass is 576 g/mol. The van der Waals surface area contributed by atoms with Crippen LogP contribution in [-0.2, 0) is 16.4 Å². The molecule has 1 aromatic heterocycles. The molecule has 4 rings (SSSR count). The minimum absolute atomic E-state index is 0.113. The molecule has 0 unspecified atom stereocenters. The number of halogens is 3. The Morgan fingerprint density at radius 2 is 1.80 bits per heavy atom. The molecular weight excluding hydrogens is 541 g/mol. The molecule has 1 fully saturated rings. The Morgan fingerprint density at radius 1 is 1.07 bits per heavy atom. The topological polar surface area (TPSA) is 75.6 Å². The Labute approximate surface area is 233 Å². The number of hydrogen-bond donors (Lipinski definition) is 2. The fraction of sp³-hybridized carbons (Fsp3) is 0.448. The van der Waals surface area contributed by atoms with E-state index in [1.165, 1.54) is 23.8 Å². The van der Waals surface area contributed by atoms with E-state index >= 15 is 0 Å². The Hall–Kier alpha value is -3.36. The van der Waals surface area contributed by atoms with E-state index in [-0.39, 0.29) is 23.2 Å². The zero-order valence-electron chi connectivity index (χ0n) is 23.1. The van der Waals surface area contributed by atoms with Gasteiger partial charge in [0.1, 0.15) is 12.3 Å². The van der Waals surface area contributed by atoms with Gasteiger partial charge in [-0.2, -0.15) is 13.2 Å². The molecule has 0 bridgehead atoms. The molecule has 7 nitrogen and oxygen atoms in total. The highest BCUT2D eigenvalue weighted by atomic mass is 32.2. The molecule has 1 saturated carbocycles. The summed E-state index contributed by atoms with van der Waals surface area (Å²) in [5, 5.41) is 7.33. The van der Waals surface area contributed by atoms with Crippen LogP contribution in [0.5, 0.6) is 5.75 Å². The summed E-state index contributed by atoms with van der Waals surface area (Å²) in [5.41, 5.74) is 2.07. The van der Waals surface area contributed by atoms with Crippen molar-refractivity contribution < 1.29 is 26.3 Å². The second-order valence-corrected chi connectivity index (χ2v) is 12.4. The van der Waals surface area contributed by atoms with Crippen molar-refractivity contribution in [1.82, 2.24) is 9.47 Å². The van der Waals surface area contributed by atoms with E-state index in [1.54, 1.807) is 24.3 Å². The SMILES string of the molecule is COc1cc(S(C)(=O)=O)ccc1NCC#Cc1cc2c(NC3CCC(N(C)C)CC3)cccc2n1CC(F)(F)F. The molecule has 1 aliphatic carbocycles. The van der Waals surface area contributed by atoms with Crippen molar-refractivity contribution in [2.75, 3.05) is 44.6 Å². The van der Waals surface area contributed by atoms with Crippen LogP contribution in [0.25, 0.3) is 10.9 Å². The highest BCUT2D eigenvalue weighted by Gasteiger charge is 2.30. The van der Waals surface area contributed by atoms with Crippen LogP contribution in [-0.4, -0.2) is 70.2 Å². The van der Waals surface area contributed by atoms with Gasteiger partial charge < -0.3 is 24.8 Å². The summed E-state index contributed by atoms with van der Waals surface area (Å²) in [5.74, 6) is 6.13. The van der Waals surface area contributed by atoms with Crippen molar-refractivity contribution in [3.05, 3.63) is 48.2 Å². The Bertz CT molecular complexity index is 1510. The normalized spacial score (nSPS) is 17.9. The summed E-state index contributed by atoms with van der Waals surface area (Å²) < 4.78 is 70.8. The van der Waals surface area contributed by atoms with Crippen molar-refractivity contribution in [3.63, 3.8) is 0 Å². The van der Waals surface area contributed by atoms with Gasteiger partial charge >= 0.3 is 6.18 Å². The predicted octanol–water partition coefficient (Wildman–Crippen LogP) is 5.36. The van der Waals surface area contributed by atoms with Crippen molar-refractivity contribution in [3.8, 4) is 17.6 Å². The van der Waals surface area contributed by atoms with Gasteiger partial charge in [0.2, 0.25) is 0 Å². The first-order valence-corrected chi connectivity index (χ1v) is 15.0. The average molecular weight is 577 g/mol. The van der Waals surface area contributed by atoms with Crippen LogP contribution in [0.2, 0.25) is 0 Å². The van der Waals surface area contributed by atoms with Crippen LogP contribution in [0.4, 0.5) is 24.5 Å². The Kier molecular flexibility index (Phi) is 8.90. The molecule has 0 amide bonds. The molecule has 0 radical (unpaired) electrons. The third kappa shape index (κ3) is 7.23. The van der Waals surface area contributed by atoms with E-state index < -0.39 is 22.6 Å². The van der Waals surface area contributed by atoms with E-state index in [0.29, 0.717) is 28.4 Å². The summed E-state index contributed by atoms with van der Waals surface area (Å²) in [6.45, 7) is -1.03. The van der Waals surface area contributed by atoms with Gasteiger partial charge in [-0.3, -0.25) is 0 Å². The average Bonchev–Trinajstić information content (AvgIpc) is 3.23. The fourth-order valence-corrected chi connectivity index (χ4v) is 5.78. The number of sulfone groups is 1. The second kappa shape index (κ2) is 12.0. The number of benzene rings is 2. The van der Waals surface area contributed by atoms with Crippen LogP contribution < -0.4 is 15.4 Å². The van der Waals surface area contributed by atoms with Crippen molar-refractivity contribution >= 4 is 32.1 Å². The van der Waals surface area contributed by atoms with Crippen LogP contribution in [0, 0.1) is 11.8 Å². The smallest absolute Gasteiger partial charge is 0.406 e. The van der Waals surface area contributed by atoms with E-state index in [2.05, 4.69) is 41.5 Å². The third-order valence-corrected chi connectivity index (χ3v) is 8.36. The van der Waals surface area contributed by atoms with Gasteiger partial charge in [-0.15, -0.1) is 0 Å². The number of fused-ring (bicyclic) bond motifs is 1. The number of nitrogens with zero attached hydrogens (tertiary/aromatic N) is 2. The number of methoxy groups -OCH3 is 1. The third-order valence-electron chi connectivity index (χ3n) is 7.25. The lowest BCUT2D eigenvalue weighted by atomic mass is 9.90. The first-order chi connectivity index (χ1) is 18.9. The van der Waals surface area contributed by atoms with Gasteiger partial charge in [-0.05, 0) is 76.0 Å². The van der Waals surface area contributed by atoms with E-state index in [1.807, 2.05) is 6.07 Å². The molecule has 1 aliphatic rings. The minimum Gasteiger partial charge on any atom is -0.495 e. The summed E-state index contributed by atoms with van der Waals surface area (Å²) >= 11 is 0. The number of nitrogens with one attached hydrogen (secondary N) is 2.